The first-order chi connectivity index (χ1) is 7.30. The number of primary amides is 1. The molecule has 0 unspecified atom stereocenters. The van der Waals surface area contributed by atoms with E-state index in [1.807, 2.05) is 18.5 Å². The van der Waals surface area contributed by atoms with Crippen LogP contribution in [-0.4, -0.2) is 5.91 Å². The third-order valence-electron chi connectivity index (χ3n) is 1.76. The molecule has 0 radical (unpaired) electrons. The molecule has 0 aromatic heterocycles. The van der Waals surface area contributed by atoms with E-state index < -0.39 is 0 Å². The predicted octanol–water partition coefficient (Wildman–Crippen LogP) is 1.79. The largest absolute Gasteiger partial charge is 0.368 e. The first kappa shape index (κ1) is 11.0. The highest BCUT2D eigenvalue weighted by atomic mass is 16.1. The minimum atomic E-state index is -0.379. The normalized spacial score (nSPS) is 12.3. The second-order valence-corrected chi connectivity index (χ2v) is 2.94. The van der Waals surface area contributed by atoms with Gasteiger partial charge in [0.1, 0.15) is 0 Å². The van der Waals surface area contributed by atoms with Crippen LogP contribution < -0.4 is 11.1 Å². The van der Waals surface area contributed by atoms with Crippen LogP contribution in [-0.2, 0) is 0 Å². The Morgan fingerprint density at radius 1 is 1.13 bits per heavy atom. The van der Waals surface area contributed by atoms with Gasteiger partial charge in [-0.2, -0.15) is 0 Å². The fourth-order valence-corrected chi connectivity index (χ4v) is 1.01. The number of hydrogen-bond acceptors (Lipinski definition) is 2. The first-order valence-corrected chi connectivity index (χ1v) is 4.71. The molecule has 78 valence electrons. The van der Waals surface area contributed by atoms with Gasteiger partial charge in [0.25, 0.3) is 0 Å². The molecular weight excluding hydrogens is 188 g/mol. The molecule has 3 heteroatoms. The van der Waals surface area contributed by atoms with Crippen LogP contribution in [0, 0.1) is 0 Å². The summed E-state index contributed by atoms with van der Waals surface area (Å²) in [6.45, 7) is 0. The van der Waals surface area contributed by atoms with E-state index in [2.05, 4.69) is 17.5 Å². The Labute approximate surface area is 89.3 Å². The van der Waals surface area contributed by atoms with Gasteiger partial charge in [0.2, 0.25) is 5.91 Å². The molecule has 1 aromatic rings. The van der Waals surface area contributed by atoms with E-state index in [1.165, 1.54) is 0 Å². The molecule has 1 amide bonds. The SMILES string of the molecule is C1=CNC=CC1.NC(=O)c1ccccc1. The average molecular weight is 202 g/mol. The molecule has 0 spiro atoms. The van der Waals surface area contributed by atoms with Gasteiger partial charge in [-0.3, -0.25) is 4.79 Å². The fourth-order valence-electron chi connectivity index (χ4n) is 1.01. The van der Waals surface area contributed by atoms with Gasteiger partial charge in [0.05, 0.1) is 0 Å². The van der Waals surface area contributed by atoms with Crippen molar-refractivity contribution in [2.75, 3.05) is 0 Å². The van der Waals surface area contributed by atoms with E-state index in [1.54, 1.807) is 24.3 Å². The fraction of sp³-hybridized carbons (Fsp3) is 0.0833. The molecule has 0 bridgehead atoms. The summed E-state index contributed by atoms with van der Waals surface area (Å²) in [7, 11) is 0. The lowest BCUT2D eigenvalue weighted by Crippen LogP contribution is -2.09. The van der Waals surface area contributed by atoms with Crippen molar-refractivity contribution >= 4 is 5.91 Å². The topological polar surface area (TPSA) is 55.1 Å². The Bertz CT molecular complexity index is 335. The van der Waals surface area contributed by atoms with E-state index in [0.717, 1.165) is 6.42 Å². The van der Waals surface area contributed by atoms with Crippen molar-refractivity contribution in [3.63, 3.8) is 0 Å². The number of hydrogen-bond donors (Lipinski definition) is 2. The van der Waals surface area contributed by atoms with E-state index in [9.17, 15) is 4.79 Å². The number of benzene rings is 1. The van der Waals surface area contributed by atoms with Crippen molar-refractivity contribution in [2.24, 2.45) is 5.73 Å². The van der Waals surface area contributed by atoms with Gasteiger partial charge in [-0.15, -0.1) is 0 Å². The number of carbonyl (C=O) groups excluding carboxylic acids is 1. The number of allylic oxidation sites excluding steroid dienone is 2. The summed E-state index contributed by atoms with van der Waals surface area (Å²) in [5.74, 6) is -0.379. The summed E-state index contributed by atoms with van der Waals surface area (Å²) in [6.07, 6.45) is 9.08. The standard InChI is InChI=1S/C7H7NO.C5H7N/c8-7(9)6-4-2-1-3-5-6;1-2-4-6-5-3-1/h1-5H,(H2,8,9);2-6H,1H2. The summed E-state index contributed by atoms with van der Waals surface area (Å²) in [6, 6.07) is 8.76. The van der Waals surface area contributed by atoms with E-state index in [4.69, 9.17) is 5.73 Å². The Morgan fingerprint density at radius 2 is 1.73 bits per heavy atom. The van der Waals surface area contributed by atoms with Crippen molar-refractivity contribution < 1.29 is 4.79 Å². The molecule has 1 aliphatic rings. The second kappa shape index (κ2) is 6.43. The smallest absolute Gasteiger partial charge is 0.248 e. The van der Waals surface area contributed by atoms with E-state index in [-0.39, 0.29) is 5.91 Å². The lowest BCUT2D eigenvalue weighted by Gasteiger charge is -1.92. The summed E-state index contributed by atoms with van der Waals surface area (Å²) < 4.78 is 0. The molecular formula is C12H14N2O. The van der Waals surface area contributed by atoms with Crippen LogP contribution >= 0.6 is 0 Å². The third-order valence-corrected chi connectivity index (χ3v) is 1.76. The van der Waals surface area contributed by atoms with Gasteiger partial charge < -0.3 is 11.1 Å². The Balaban J connectivity index is 0.000000162. The lowest BCUT2D eigenvalue weighted by atomic mass is 10.2. The van der Waals surface area contributed by atoms with Crippen LogP contribution in [0.3, 0.4) is 0 Å². The Kier molecular flexibility index (Phi) is 4.73. The lowest BCUT2D eigenvalue weighted by molar-refractivity contribution is 0.100. The summed E-state index contributed by atoms with van der Waals surface area (Å²) in [5, 5.41) is 2.92. The van der Waals surface area contributed by atoms with Crippen molar-refractivity contribution in [1.29, 1.82) is 0 Å². The minimum Gasteiger partial charge on any atom is -0.368 e. The number of nitrogens with two attached hydrogens (primary N) is 1. The number of amides is 1. The highest BCUT2D eigenvalue weighted by Gasteiger charge is 1.93. The van der Waals surface area contributed by atoms with Gasteiger partial charge in [-0.25, -0.2) is 0 Å². The number of carbonyl (C=O) groups is 1. The van der Waals surface area contributed by atoms with E-state index in [0.29, 0.717) is 5.56 Å². The molecule has 2 rings (SSSR count). The summed E-state index contributed by atoms with van der Waals surface area (Å²) in [5.41, 5.74) is 5.53. The first-order valence-electron chi connectivity index (χ1n) is 4.71. The zero-order valence-corrected chi connectivity index (χ0v) is 8.39. The second-order valence-electron chi connectivity index (χ2n) is 2.94. The zero-order valence-electron chi connectivity index (χ0n) is 8.39. The van der Waals surface area contributed by atoms with Gasteiger partial charge in [0, 0.05) is 5.56 Å². The highest BCUT2D eigenvalue weighted by molar-refractivity contribution is 5.92. The van der Waals surface area contributed by atoms with Crippen LogP contribution in [0.25, 0.3) is 0 Å². The molecule has 1 aliphatic heterocycles. The molecule has 3 nitrogen and oxygen atoms in total. The van der Waals surface area contributed by atoms with Crippen molar-refractivity contribution in [2.45, 2.75) is 6.42 Å². The molecule has 15 heavy (non-hydrogen) atoms. The van der Waals surface area contributed by atoms with Crippen molar-refractivity contribution in [3.8, 4) is 0 Å². The number of dihydropyridines is 1. The van der Waals surface area contributed by atoms with Gasteiger partial charge in [0.15, 0.2) is 0 Å². The van der Waals surface area contributed by atoms with Crippen molar-refractivity contribution in [1.82, 2.24) is 5.32 Å². The summed E-state index contributed by atoms with van der Waals surface area (Å²) >= 11 is 0. The maximum Gasteiger partial charge on any atom is 0.248 e. The maximum atomic E-state index is 10.4. The molecule has 0 fully saturated rings. The number of rotatable bonds is 1. The van der Waals surface area contributed by atoms with Crippen LogP contribution in [0.4, 0.5) is 0 Å². The van der Waals surface area contributed by atoms with Gasteiger partial charge in [-0.1, -0.05) is 30.4 Å². The molecule has 0 atom stereocenters. The average Bonchev–Trinajstić information content (AvgIpc) is 2.33. The van der Waals surface area contributed by atoms with Crippen molar-refractivity contribution in [3.05, 3.63) is 60.4 Å². The quantitative estimate of drug-likeness (QED) is 0.729. The minimum absolute atomic E-state index is 0.379. The highest BCUT2D eigenvalue weighted by Crippen LogP contribution is 1.94. The van der Waals surface area contributed by atoms with E-state index >= 15 is 0 Å². The van der Waals surface area contributed by atoms with Gasteiger partial charge in [-0.05, 0) is 31.0 Å². The third kappa shape index (κ3) is 4.67. The zero-order chi connectivity index (χ0) is 10.9. The van der Waals surface area contributed by atoms with Crippen LogP contribution in [0.5, 0.6) is 0 Å². The Hall–Kier alpha value is -2.03. The molecule has 0 aliphatic carbocycles. The molecule has 0 saturated carbocycles. The summed E-state index contributed by atoms with van der Waals surface area (Å²) in [4.78, 5) is 10.4. The Morgan fingerprint density at radius 3 is 2.00 bits per heavy atom. The molecule has 1 aromatic carbocycles. The van der Waals surface area contributed by atoms with Crippen LogP contribution in [0.15, 0.2) is 54.9 Å². The molecule has 0 saturated heterocycles. The monoisotopic (exact) mass is 202 g/mol. The molecule has 1 heterocycles. The number of nitrogens with one attached hydrogen (secondary N) is 1. The van der Waals surface area contributed by atoms with Gasteiger partial charge >= 0.3 is 0 Å². The predicted molar refractivity (Wildman–Crippen MR) is 61.0 cm³/mol. The van der Waals surface area contributed by atoms with Crippen LogP contribution in [0.1, 0.15) is 16.8 Å². The molecule has 3 N–H and O–H groups in total. The maximum absolute atomic E-state index is 10.4. The van der Waals surface area contributed by atoms with Crippen LogP contribution in [0.2, 0.25) is 0 Å².